The third-order valence-corrected chi connectivity index (χ3v) is 2.54. The van der Waals surface area contributed by atoms with Gasteiger partial charge in [-0.15, -0.1) is 0 Å². The number of halogens is 1. The lowest BCUT2D eigenvalue weighted by molar-refractivity contribution is 0.734. The molecule has 2 heterocycles. The van der Waals surface area contributed by atoms with Crippen molar-refractivity contribution in [1.82, 2.24) is 29.7 Å². The van der Waals surface area contributed by atoms with Crippen molar-refractivity contribution in [1.29, 1.82) is 0 Å². The van der Waals surface area contributed by atoms with Crippen LogP contribution in [0, 0.1) is 0 Å². The molecule has 0 radical (unpaired) electrons. The van der Waals surface area contributed by atoms with E-state index in [0.29, 0.717) is 11.9 Å². The molecule has 0 fully saturated rings. The maximum atomic E-state index is 5.92. The fraction of sp³-hybridized carbons (Fsp3) is 0.500. The van der Waals surface area contributed by atoms with E-state index in [1.54, 1.807) is 0 Å². The molecule has 0 spiro atoms. The summed E-state index contributed by atoms with van der Waals surface area (Å²) < 4.78 is 1.46. The fourth-order valence-corrected chi connectivity index (χ4v) is 1.71. The molecular formula is C10H14ClN7. The Morgan fingerprint density at radius 1 is 1.28 bits per heavy atom. The summed E-state index contributed by atoms with van der Waals surface area (Å²) in [4.78, 5) is 18.4. The molecule has 0 unspecified atom stereocenters. The lowest BCUT2D eigenvalue weighted by Crippen LogP contribution is -2.26. The Morgan fingerprint density at radius 3 is 2.72 bits per heavy atom. The minimum Gasteiger partial charge on any atom is -0.341 e. The van der Waals surface area contributed by atoms with Crippen molar-refractivity contribution in [3.8, 4) is 5.95 Å². The van der Waals surface area contributed by atoms with Gasteiger partial charge in [-0.3, -0.25) is 0 Å². The van der Waals surface area contributed by atoms with E-state index in [9.17, 15) is 0 Å². The van der Waals surface area contributed by atoms with Crippen molar-refractivity contribution in [3.05, 3.63) is 17.9 Å². The Labute approximate surface area is 110 Å². The second-order valence-corrected chi connectivity index (χ2v) is 3.96. The van der Waals surface area contributed by atoms with Crippen molar-refractivity contribution in [2.24, 2.45) is 0 Å². The van der Waals surface area contributed by atoms with Crippen LogP contribution in [0.3, 0.4) is 0 Å². The first-order valence-corrected chi connectivity index (χ1v) is 6.14. The Morgan fingerprint density at radius 2 is 2.11 bits per heavy atom. The summed E-state index contributed by atoms with van der Waals surface area (Å²) >= 11 is 5.92. The molecule has 0 aliphatic heterocycles. The summed E-state index contributed by atoms with van der Waals surface area (Å²) in [5.74, 6) is 0.932. The van der Waals surface area contributed by atoms with Gasteiger partial charge in [0.25, 0.3) is 5.95 Å². The summed E-state index contributed by atoms with van der Waals surface area (Å²) in [6, 6.07) is 0. The monoisotopic (exact) mass is 267 g/mol. The maximum absolute atomic E-state index is 5.92. The first-order chi connectivity index (χ1) is 8.74. The SMILES string of the molecule is CCCN(CC)c1nc(Cl)nc(-n2cncn2)n1. The van der Waals surface area contributed by atoms with Crippen molar-refractivity contribution >= 4 is 17.5 Å². The Hall–Kier alpha value is -1.76. The van der Waals surface area contributed by atoms with Gasteiger partial charge in [-0.05, 0) is 24.9 Å². The number of nitrogens with zero attached hydrogens (tertiary/aromatic N) is 7. The summed E-state index contributed by atoms with van der Waals surface area (Å²) in [7, 11) is 0. The lowest BCUT2D eigenvalue weighted by atomic mass is 10.4. The normalized spacial score (nSPS) is 10.6. The van der Waals surface area contributed by atoms with E-state index >= 15 is 0 Å². The highest BCUT2D eigenvalue weighted by atomic mass is 35.5. The maximum Gasteiger partial charge on any atom is 0.258 e. The molecule has 0 aliphatic carbocycles. The lowest BCUT2D eigenvalue weighted by Gasteiger charge is -2.19. The molecule has 0 saturated carbocycles. The van der Waals surface area contributed by atoms with Gasteiger partial charge in [0.15, 0.2) is 0 Å². The van der Waals surface area contributed by atoms with Gasteiger partial charge in [0.1, 0.15) is 12.7 Å². The van der Waals surface area contributed by atoms with E-state index in [2.05, 4.69) is 32.0 Å². The summed E-state index contributed by atoms with van der Waals surface area (Å²) in [6.45, 7) is 5.82. The largest absolute Gasteiger partial charge is 0.341 e. The number of anilines is 1. The van der Waals surface area contributed by atoms with Crippen LogP contribution >= 0.6 is 11.6 Å². The van der Waals surface area contributed by atoms with Gasteiger partial charge < -0.3 is 4.90 Å². The van der Waals surface area contributed by atoms with Crippen molar-refractivity contribution in [2.45, 2.75) is 20.3 Å². The molecule has 8 heteroatoms. The predicted octanol–water partition coefficient (Wildman–Crippen LogP) is 1.34. The molecule has 18 heavy (non-hydrogen) atoms. The highest BCUT2D eigenvalue weighted by Crippen LogP contribution is 2.13. The second kappa shape index (κ2) is 5.72. The minimum absolute atomic E-state index is 0.153. The van der Waals surface area contributed by atoms with Crippen LogP contribution in [0.2, 0.25) is 5.28 Å². The van der Waals surface area contributed by atoms with Gasteiger partial charge in [-0.2, -0.15) is 24.7 Å². The molecule has 0 bridgehead atoms. The second-order valence-electron chi connectivity index (χ2n) is 3.62. The van der Waals surface area contributed by atoms with Crippen LogP contribution in [0.4, 0.5) is 5.95 Å². The third kappa shape index (κ3) is 2.73. The van der Waals surface area contributed by atoms with E-state index < -0.39 is 0 Å². The molecular weight excluding hydrogens is 254 g/mol. The predicted molar refractivity (Wildman–Crippen MR) is 67.9 cm³/mol. The Bertz CT molecular complexity index is 499. The van der Waals surface area contributed by atoms with E-state index in [1.807, 2.05) is 11.8 Å². The molecule has 7 nitrogen and oxygen atoms in total. The molecule has 0 atom stereocenters. The topological polar surface area (TPSA) is 72.6 Å². The first kappa shape index (κ1) is 12.7. The van der Waals surface area contributed by atoms with Gasteiger partial charge in [-0.25, -0.2) is 4.98 Å². The van der Waals surface area contributed by atoms with Crippen LogP contribution in [0.25, 0.3) is 5.95 Å². The van der Waals surface area contributed by atoms with E-state index in [1.165, 1.54) is 17.3 Å². The molecule has 0 amide bonds. The zero-order valence-corrected chi connectivity index (χ0v) is 11.0. The number of hydrogen-bond acceptors (Lipinski definition) is 6. The van der Waals surface area contributed by atoms with Gasteiger partial charge in [-0.1, -0.05) is 6.92 Å². The van der Waals surface area contributed by atoms with Crippen LogP contribution in [0.1, 0.15) is 20.3 Å². The molecule has 0 saturated heterocycles. The average Bonchev–Trinajstić information content (AvgIpc) is 2.89. The number of aromatic nitrogens is 6. The van der Waals surface area contributed by atoms with Gasteiger partial charge in [0.2, 0.25) is 11.2 Å². The van der Waals surface area contributed by atoms with E-state index in [-0.39, 0.29) is 5.28 Å². The average molecular weight is 268 g/mol. The van der Waals surface area contributed by atoms with Gasteiger partial charge >= 0.3 is 0 Å². The van der Waals surface area contributed by atoms with Crippen molar-refractivity contribution in [3.63, 3.8) is 0 Å². The Balaban J connectivity index is 2.37. The molecule has 2 aromatic rings. The Kier molecular flexibility index (Phi) is 4.03. The molecule has 0 N–H and O–H groups in total. The summed E-state index contributed by atoms with van der Waals surface area (Å²) in [5.41, 5.74) is 0. The minimum atomic E-state index is 0.153. The van der Waals surface area contributed by atoms with Crippen molar-refractivity contribution < 1.29 is 0 Å². The van der Waals surface area contributed by atoms with Gasteiger partial charge in [0.05, 0.1) is 0 Å². The smallest absolute Gasteiger partial charge is 0.258 e. The zero-order chi connectivity index (χ0) is 13.0. The van der Waals surface area contributed by atoms with Crippen molar-refractivity contribution in [2.75, 3.05) is 18.0 Å². The van der Waals surface area contributed by atoms with Crippen LogP contribution in [-0.4, -0.2) is 42.8 Å². The molecule has 96 valence electrons. The summed E-state index contributed by atoms with van der Waals surface area (Å²) in [5, 5.41) is 4.13. The van der Waals surface area contributed by atoms with Crippen LogP contribution in [0.5, 0.6) is 0 Å². The third-order valence-electron chi connectivity index (χ3n) is 2.37. The highest BCUT2D eigenvalue weighted by Gasteiger charge is 2.12. The van der Waals surface area contributed by atoms with E-state index in [4.69, 9.17) is 11.6 Å². The fourth-order valence-electron chi connectivity index (χ4n) is 1.55. The van der Waals surface area contributed by atoms with Crippen LogP contribution in [0.15, 0.2) is 12.7 Å². The first-order valence-electron chi connectivity index (χ1n) is 5.76. The summed E-state index contributed by atoms with van der Waals surface area (Å²) in [6.07, 6.45) is 3.95. The van der Waals surface area contributed by atoms with Gasteiger partial charge in [0, 0.05) is 13.1 Å². The zero-order valence-electron chi connectivity index (χ0n) is 10.3. The van der Waals surface area contributed by atoms with E-state index in [0.717, 1.165) is 19.5 Å². The molecule has 0 aromatic carbocycles. The molecule has 2 rings (SSSR count). The standard InChI is InChI=1S/C10H14ClN7/c1-3-5-17(4-2)9-14-8(11)15-10(16-9)18-7-12-6-13-18/h6-7H,3-5H2,1-2H3. The molecule has 0 aliphatic rings. The quantitative estimate of drug-likeness (QED) is 0.814. The number of rotatable bonds is 5. The highest BCUT2D eigenvalue weighted by molar-refractivity contribution is 6.28. The van der Waals surface area contributed by atoms with Crippen LogP contribution in [-0.2, 0) is 0 Å². The number of hydrogen-bond donors (Lipinski definition) is 0. The van der Waals surface area contributed by atoms with Crippen LogP contribution < -0.4 is 4.90 Å². The molecule has 2 aromatic heterocycles.